The normalized spacial score (nSPS) is 9.78. The van der Waals surface area contributed by atoms with Crippen LogP contribution in [0.1, 0.15) is 12.0 Å². The van der Waals surface area contributed by atoms with E-state index in [4.69, 9.17) is 0 Å². The summed E-state index contributed by atoms with van der Waals surface area (Å²) in [5, 5.41) is 3.46. The molecule has 1 rings (SSSR count). The standard InChI is InChI=1S/C13H22N2S.2ClH/c1-15(2)10-4-9-14-11-12-5-7-13(16-3)8-6-12;;/h5-8,14H,4,9-11H2,1-3H3;2*1H. The first-order valence-corrected chi connectivity index (χ1v) is 6.93. The molecule has 106 valence electrons. The van der Waals surface area contributed by atoms with Gasteiger partial charge in [-0.25, -0.2) is 0 Å². The van der Waals surface area contributed by atoms with Gasteiger partial charge >= 0.3 is 0 Å². The molecule has 0 aliphatic rings. The molecule has 0 atom stereocenters. The predicted octanol–water partition coefficient (Wildman–Crippen LogP) is 3.29. The van der Waals surface area contributed by atoms with Crippen molar-refractivity contribution >= 4 is 36.6 Å². The van der Waals surface area contributed by atoms with E-state index < -0.39 is 0 Å². The largest absolute Gasteiger partial charge is 0.313 e. The molecule has 0 aromatic heterocycles. The van der Waals surface area contributed by atoms with E-state index in [1.165, 1.54) is 16.9 Å². The molecule has 0 fully saturated rings. The molecule has 0 aliphatic heterocycles. The Morgan fingerprint density at radius 3 is 2.22 bits per heavy atom. The van der Waals surface area contributed by atoms with Gasteiger partial charge in [0, 0.05) is 11.4 Å². The van der Waals surface area contributed by atoms with Gasteiger partial charge in [-0.15, -0.1) is 36.6 Å². The first-order valence-electron chi connectivity index (χ1n) is 5.71. The van der Waals surface area contributed by atoms with Crippen LogP contribution in [0.5, 0.6) is 0 Å². The van der Waals surface area contributed by atoms with Gasteiger partial charge in [0.1, 0.15) is 0 Å². The molecule has 1 aromatic carbocycles. The van der Waals surface area contributed by atoms with Gasteiger partial charge in [0.05, 0.1) is 0 Å². The van der Waals surface area contributed by atoms with Crippen molar-refractivity contribution in [1.82, 2.24) is 10.2 Å². The summed E-state index contributed by atoms with van der Waals surface area (Å²) in [7, 11) is 4.22. The maximum Gasteiger partial charge on any atom is 0.0205 e. The minimum absolute atomic E-state index is 0. The minimum atomic E-state index is 0. The van der Waals surface area contributed by atoms with Crippen molar-refractivity contribution in [3.8, 4) is 0 Å². The fraction of sp³-hybridized carbons (Fsp3) is 0.538. The Morgan fingerprint density at radius 1 is 1.11 bits per heavy atom. The van der Waals surface area contributed by atoms with Gasteiger partial charge < -0.3 is 10.2 Å². The summed E-state index contributed by atoms with van der Waals surface area (Å²) in [5.41, 5.74) is 1.36. The number of benzene rings is 1. The van der Waals surface area contributed by atoms with Crippen LogP contribution >= 0.6 is 36.6 Å². The lowest BCUT2D eigenvalue weighted by Crippen LogP contribution is -2.20. The quantitative estimate of drug-likeness (QED) is 0.614. The van der Waals surface area contributed by atoms with Crippen molar-refractivity contribution in [3.63, 3.8) is 0 Å². The van der Waals surface area contributed by atoms with Crippen molar-refractivity contribution in [2.75, 3.05) is 33.4 Å². The van der Waals surface area contributed by atoms with Crippen LogP contribution in [0.2, 0.25) is 0 Å². The molecule has 1 aromatic rings. The molecule has 1 N–H and O–H groups in total. The van der Waals surface area contributed by atoms with Crippen LogP contribution in [0.4, 0.5) is 0 Å². The van der Waals surface area contributed by atoms with Crippen LogP contribution in [-0.4, -0.2) is 38.3 Å². The summed E-state index contributed by atoms with van der Waals surface area (Å²) in [6, 6.07) is 8.76. The first kappa shape index (κ1) is 20.4. The second kappa shape index (κ2) is 12.1. The van der Waals surface area contributed by atoms with Gasteiger partial charge in [0.25, 0.3) is 0 Å². The Labute approximate surface area is 128 Å². The van der Waals surface area contributed by atoms with Gasteiger partial charge in [-0.2, -0.15) is 0 Å². The number of hydrogen-bond acceptors (Lipinski definition) is 3. The third kappa shape index (κ3) is 9.06. The fourth-order valence-electron chi connectivity index (χ4n) is 1.50. The van der Waals surface area contributed by atoms with E-state index in [-0.39, 0.29) is 24.8 Å². The topological polar surface area (TPSA) is 15.3 Å². The fourth-order valence-corrected chi connectivity index (χ4v) is 1.90. The number of halogens is 2. The number of rotatable bonds is 7. The molecular formula is C13H24Cl2N2S. The summed E-state index contributed by atoms with van der Waals surface area (Å²) in [5.74, 6) is 0. The van der Waals surface area contributed by atoms with Crippen molar-refractivity contribution in [2.45, 2.75) is 17.9 Å². The monoisotopic (exact) mass is 310 g/mol. The van der Waals surface area contributed by atoms with Gasteiger partial charge in [-0.05, 0) is 57.6 Å². The highest BCUT2D eigenvalue weighted by atomic mass is 35.5. The van der Waals surface area contributed by atoms with E-state index >= 15 is 0 Å². The molecule has 0 bridgehead atoms. The molecule has 0 amide bonds. The molecule has 0 radical (unpaired) electrons. The molecule has 0 saturated carbocycles. The number of nitrogens with one attached hydrogen (secondary N) is 1. The molecule has 0 unspecified atom stereocenters. The average molecular weight is 311 g/mol. The second-order valence-corrected chi connectivity index (χ2v) is 5.06. The zero-order chi connectivity index (χ0) is 11.8. The first-order chi connectivity index (χ1) is 7.72. The third-order valence-electron chi connectivity index (χ3n) is 2.45. The van der Waals surface area contributed by atoms with E-state index in [1.54, 1.807) is 11.8 Å². The van der Waals surface area contributed by atoms with Crippen molar-refractivity contribution in [2.24, 2.45) is 0 Å². The van der Waals surface area contributed by atoms with Crippen LogP contribution in [0.3, 0.4) is 0 Å². The maximum absolute atomic E-state index is 3.46. The molecule has 0 spiro atoms. The summed E-state index contributed by atoms with van der Waals surface area (Å²) in [6.07, 6.45) is 3.31. The smallest absolute Gasteiger partial charge is 0.0205 e. The predicted molar refractivity (Wildman–Crippen MR) is 87.6 cm³/mol. The summed E-state index contributed by atoms with van der Waals surface area (Å²) < 4.78 is 0. The van der Waals surface area contributed by atoms with Crippen LogP contribution in [0, 0.1) is 0 Å². The van der Waals surface area contributed by atoms with Crippen molar-refractivity contribution in [3.05, 3.63) is 29.8 Å². The molecule has 2 nitrogen and oxygen atoms in total. The highest BCUT2D eigenvalue weighted by Gasteiger charge is 1.94. The molecule has 0 heterocycles. The second-order valence-electron chi connectivity index (χ2n) is 4.18. The lowest BCUT2D eigenvalue weighted by Gasteiger charge is -2.09. The summed E-state index contributed by atoms with van der Waals surface area (Å²) in [6.45, 7) is 3.21. The van der Waals surface area contributed by atoms with Crippen molar-refractivity contribution < 1.29 is 0 Å². The Kier molecular flexibility index (Phi) is 13.7. The highest BCUT2D eigenvalue weighted by molar-refractivity contribution is 7.98. The molecular weight excluding hydrogens is 287 g/mol. The Bertz CT molecular complexity index is 292. The van der Waals surface area contributed by atoms with Crippen molar-refractivity contribution in [1.29, 1.82) is 0 Å². The zero-order valence-electron chi connectivity index (χ0n) is 11.3. The average Bonchev–Trinajstić information content (AvgIpc) is 2.29. The summed E-state index contributed by atoms with van der Waals surface area (Å²) in [4.78, 5) is 3.55. The lowest BCUT2D eigenvalue weighted by atomic mass is 10.2. The minimum Gasteiger partial charge on any atom is -0.313 e. The van der Waals surface area contributed by atoms with E-state index in [9.17, 15) is 0 Å². The number of hydrogen-bond donors (Lipinski definition) is 1. The van der Waals surface area contributed by atoms with Crippen LogP contribution in [0.15, 0.2) is 29.2 Å². The third-order valence-corrected chi connectivity index (χ3v) is 3.19. The molecule has 0 saturated heterocycles. The van der Waals surface area contributed by atoms with Gasteiger partial charge in [0.15, 0.2) is 0 Å². The number of thioether (sulfide) groups is 1. The van der Waals surface area contributed by atoms with E-state index in [1.807, 2.05) is 0 Å². The van der Waals surface area contributed by atoms with E-state index in [0.717, 1.165) is 19.6 Å². The maximum atomic E-state index is 3.46. The van der Waals surface area contributed by atoms with Gasteiger partial charge in [-0.1, -0.05) is 12.1 Å². The van der Waals surface area contributed by atoms with Crippen LogP contribution in [0.25, 0.3) is 0 Å². The summed E-state index contributed by atoms with van der Waals surface area (Å²) >= 11 is 1.79. The van der Waals surface area contributed by atoms with Crippen LogP contribution < -0.4 is 5.32 Å². The Morgan fingerprint density at radius 2 is 1.72 bits per heavy atom. The molecule has 18 heavy (non-hydrogen) atoms. The van der Waals surface area contributed by atoms with Gasteiger partial charge in [0.2, 0.25) is 0 Å². The lowest BCUT2D eigenvalue weighted by molar-refractivity contribution is 0.394. The Balaban J connectivity index is 0. The van der Waals surface area contributed by atoms with E-state index in [2.05, 4.69) is 54.8 Å². The Hall–Kier alpha value is 0.0700. The molecule has 5 heteroatoms. The van der Waals surface area contributed by atoms with Gasteiger partial charge in [-0.3, -0.25) is 0 Å². The van der Waals surface area contributed by atoms with E-state index in [0.29, 0.717) is 0 Å². The van der Waals surface area contributed by atoms with Crippen LogP contribution in [-0.2, 0) is 6.54 Å². The molecule has 0 aliphatic carbocycles. The highest BCUT2D eigenvalue weighted by Crippen LogP contribution is 2.14. The SMILES string of the molecule is CSc1ccc(CNCCCN(C)C)cc1.Cl.Cl. The zero-order valence-corrected chi connectivity index (χ0v) is 13.8. The number of nitrogens with zero attached hydrogens (tertiary/aromatic N) is 1.